The second-order valence-corrected chi connectivity index (χ2v) is 6.57. The van der Waals surface area contributed by atoms with Gasteiger partial charge in [-0.25, -0.2) is 0 Å². The molecule has 100 valence electrons. The van der Waals surface area contributed by atoms with Crippen LogP contribution in [-0.2, 0) is 0 Å². The molecule has 0 aromatic rings. The topological polar surface area (TPSA) is 26.7 Å². The zero-order valence-electron chi connectivity index (χ0n) is 11.7. The minimum Gasteiger partial charge on any atom is -0.396 e. The van der Waals surface area contributed by atoms with E-state index in [-0.39, 0.29) is 5.41 Å². The van der Waals surface area contributed by atoms with Crippen LogP contribution in [0.4, 0.5) is 0 Å². The first-order valence-corrected chi connectivity index (χ1v) is 7.06. The molecule has 3 nitrogen and oxygen atoms in total. The van der Waals surface area contributed by atoms with Crippen LogP contribution in [0.3, 0.4) is 0 Å². The molecule has 1 heterocycles. The monoisotopic (exact) mass is 240 g/mol. The number of aliphatic hydroxyl groups is 1. The van der Waals surface area contributed by atoms with Gasteiger partial charge in [0.15, 0.2) is 0 Å². The average molecular weight is 240 g/mol. The molecule has 3 heteroatoms. The van der Waals surface area contributed by atoms with E-state index in [9.17, 15) is 5.11 Å². The third-order valence-corrected chi connectivity index (χ3v) is 4.87. The molecule has 2 fully saturated rings. The Kier molecular flexibility index (Phi) is 4.11. The van der Waals surface area contributed by atoms with Crippen LogP contribution in [-0.4, -0.2) is 61.3 Å². The number of rotatable bonds is 4. The maximum absolute atomic E-state index is 9.68. The molecule has 0 radical (unpaired) electrons. The molecule has 0 aromatic carbocycles. The summed E-state index contributed by atoms with van der Waals surface area (Å²) in [6.45, 7) is 6.22. The largest absolute Gasteiger partial charge is 0.396 e. The Hall–Kier alpha value is -0.120. The highest BCUT2D eigenvalue weighted by Gasteiger charge is 2.39. The van der Waals surface area contributed by atoms with Gasteiger partial charge in [0, 0.05) is 37.7 Å². The molecule has 1 N–H and O–H groups in total. The molecule has 0 spiro atoms. The van der Waals surface area contributed by atoms with Crippen molar-refractivity contribution in [3.63, 3.8) is 0 Å². The fourth-order valence-electron chi connectivity index (χ4n) is 3.81. The van der Waals surface area contributed by atoms with E-state index in [0.717, 1.165) is 12.5 Å². The molecule has 0 bridgehead atoms. The van der Waals surface area contributed by atoms with Crippen molar-refractivity contribution in [2.75, 3.05) is 40.3 Å². The summed E-state index contributed by atoms with van der Waals surface area (Å²) in [6.07, 6.45) is 5.06. The van der Waals surface area contributed by atoms with Gasteiger partial charge < -0.3 is 14.9 Å². The molecule has 17 heavy (non-hydrogen) atoms. The SMILES string of the molecule is CC1CN(CC2(CO)CCCC2)CC1N(C)C. The summed E-state index contributed by atoms with van der Waals surface area (Å²) in [7, 11) is 4.37. The summed E-state index contributed by atoms with van der Waals surface area (Å²) in [5, 5.41) is 9.68. The van der Waals surface area contributed by atoms with Gasteiger partial charge in [-0.3, -0.25) is 0 Å². The summed E-state index contributed by atoms with van der Waals surface area (Å²) < 4.78 is 0. The molecule has 0 amide bonds. The quantitative estimate of drug-likeness (QED) is 0.805. The molecular formula is C14H28N2O. The summed E-state index contributed by atoms with van der Waals surface area (Å²) in [4.78, 5) is 4.93. The minimum absolute atomic E-state index is 0.223. The van der Waals surface area contributed by atoms with E-state index in [2.05, 4.69) is 30.8 Å². The lowest BCUT2D eigenvalue weighted by Gasteiger charge is -2.32. The lowest BCUT2D eigenvalue weighted by molar-refractivity contribution is 0.0852. The van der Waals surface area contributed by atoms with Gasteiger partial charge in [-0.2, -0.15) is 0 Å². The lowest BCUT2D eigenvalue weighted by atomic mass is 9.86. The predicted molar refractivity (Wildman–Crippen MR) is 71.1 cm³/mol. The van der Waals surface area contributed by atoms with Crippen molar-refractivity contribution >= 4 is 0 Å². The Bertz CT molecular complexity index is 249. The zero-order chi connectivity index (χ0) is 12.5. The van der Waals surface area contributed by atoms with Crippen molar-refractivity contribution in [2.45, 2.75) is 38.6 Å². The Labute approximate surface area is 106 Å². The first-order valence-electron chi connectivity index (χ1n) is 7.06. The second kappa shape index (κ2) is 5.25. The van der Waals surface area contributed by atoms with Gasteiger partial charge in [0.1, 0.15) is 0 Å². The first kappa shape index (κ1) is 13.3. The standard InChI is InChI=1S/C14H28N2O/c1-12-8-16(9-13(12)15(2)3)10-14(11-17)6-4-5-7-14/h12-13,17H,4-11H2,1-3H3. The summed E-state index contributed by atoms with van der Waals surface area (Å²) >= 11 is 0. The van der Waals surface area contributed by atoms with E-state index < -0.39 is 0 Å². The van der Waals surface area contributed by atoms with E-state index >= 15 is 0 Å². The Morgan fingerprint density at radius 3 is 2.35 bits per heavy atom. The molecule has 0 aromatic heterocycles. The van der Waals surface area contributed by atoms with Crippen molar-refractivity contribution in [1.82, 2.24) is 9.80 Å². The number of likely N-dealkylation sites (tertiary alicyclic amines) is 1. The lowest BCUT2D eigenvalue weighted by Crippen LogP contribution is -2.39. The summed E-state index contributed by atoms with van der Waals surface area (Å²) in [5.74, 6) is 0.752. The van der Waals surface area contributed by atoms with Gasteiger partial charge in [-0.15, -0.1) is 0 Å². The molecule has 1 aliphatic carbocycles. The average Bonchev–Trinajstić information content (AvgIpc) is 2.87. The van der Waals surface area contributed by atoms with E-state index in [1.54, 1.807) is 0 Å². The van der Waals surface area contributed by atoms with Crippen LogP contribution in [0.1, 0.15) is 32.6 Å². The predicted octanol–water partition coefficient (Wildman–Crippen LogP) is 1.42. The Morgan fingerprint density at radius 2 is 1.88 bits per heavy atom. The molecule has 2 aliphatic rings. The highest BCUT2D eigenvalue weighted by molar-refractivity contribution is 4.93. The van der Waals surface area contributed by atoms with Crippen molar-refractivity contribution in [3.05, 3.63) is 0 Å². The third-order valence-electron chi connectivity index (χ3n) is 4.87. The second-order valence-electron chi connectivity index (χ2n) is 6.57. The smallest absolute Gasteiger partial charge is 0.0499 e. The number of nitrogens with zero attached hydrogens (tertiary/aromatic N) is 2. The Morgan fingerprint density at radius 1 is 1.24 bits per heavy atom. The van der Waals surface area contributed by atoms with Crippen molar-refractivity contribution < 1.29 is 5.11 Å². The number of likely N-dealkylation sites (N-methyl/N-ethyl adjacent to an activating group) is 1. The van der Waals surface area contributed by atoms with E-state index in [4.69, 9.17) is 0 Å². The van der Waals surface area contributed by atoms with Crippen LogP contribution in [0.5, 0.6) is 0 Å². The minimum atomic E-state index is 0.223. The summed E-state index contributed by atoms with van der Waals surface area (Å²) in [6, 6.07) is 0.687. The fraction of sp³-hybridized carbons (Fsp3) is 1.00. The molecule has 2 atom stereocenters. The zero-order valence-corrected chi connectivity index (χ0v) is 11.7. The number of hydrogen-bond donors (Lipinski definition) is 1. The normalized spacial score (nSPS) is 33.7. The molecule has 1 saturated heterocycles. The van der Waals surface area contributed by atoms with Crippen molar-refractivity contribution in [1.29, 1.82) is 0 Å². The highest BCUT2D eigenvalue weighted by atomic mass is 16.3. The Balaban J connectivity index is 1.92. The number of aliphatic hydroxyl groups excluding tert-OH is 1. The molecule has 1 aliphatic heterocycles. The van der Waals surface area contributed by atoms with Crippen LogP contribution in [0, 0.1) is 11.3 Å². The van der Waals surface area contributed by atoms with Crippen LogP contribution in [0.25, 0.3) is 0 Å². The maximum atomic E-state index is 9.68. The van der Waals surface area contributed by atoms with E-state index in [1.807, 2.05) is 0 Å². The van der Waals surface area contributed by atoms with Crippen LogP contribution in [0.2, 0.25) is 0 Å². The highest BCUT2D eigenvalue weighted by Crippen LogP contribution is 2.39. The molecule has 1 saturated carbocycles. The van der Waals surface area contributed by atoms with Crippen LogP contribution >= 0.6 is 0 Å². The van der Waals surface area contributed by atoms with Crippen LogP contribution < -0.4 is 0 Å². The van der Waals surface area contributed by atoms with Gasteiger partial charge in [-0.05, 0) is 32.9 Å². The first-order chi connectivity index (χ1) is 8.06. The maximum Gasteiger partial charge on any atom is 0.0499 e. The van der Waals surface area contributed by atoms with Gasteiger partial charge in [0.05, 0.1) is 0 Å². The van der Waals surface area contributed by atoms with Gasteiger partial charge in [0.2, 0.25) is 0 Å². The molecular weight excluding hydrogens is 212 g/mol. The van der Waals surface area contributed by atoms with Gasteiger partial charge in [-0.1, -0.05) is 19.8 Å². The van der Waals surface area contributed by atoms with Crippen LogP contribution in [0.15, 0.2) is 0 Å². The third kappa shape index (κ3) is 2.83. The van der Waals surface area contributed by atoms with Crippen molar-refractivity contribution in [2.24, 2.45) is 11.3 Å². The summed E-state index contributed by atoms with van der Waals surface area (Å²) in [5.41, 5.74) is 0.223. The molecule has 2 rings (SSSR count). The fourth-order valence-corrected chi connectivity index (χ4v) is 3.81. The molecule has 2 unspecified atom stereocenters. The van der Waals surface area contributed by atoms with E-state index in [0.29, 0.717) is 12.6 Å². The van der Waals surface area contributed by atoms with Gasteiger partial charge in [0.25, 0.3) is 0 Å². The van der Waals surface area contributed by atoms with Gasteiger partial charge >= 0.3 is 0 Å². The van der Waals surface area contributed by atoms with Crippen molar-refractivity contribution in [3.8, 4) is 0 Å². The number of hydrogen-bond acceptors (Lipinski definition) is 3. The van der Waals surface area contributed by atoms with E-state index in [1.165, 1.54) is 38.8 Å².